The minimum absolute atomic E-state index is 0.0160. The number of likely N-dealkylation sites (N-methyl/N-ethyl adjacent to an activating group) is 1. The molecule has 1 amide bonds. The minimum Gasteiger partial charge on any atom is -0.756 e. The normalized spacial score (nSPS) is 14.4. The van der Waals surface area contributed by atoms with Crippen LogP contribution < -0.4 is 10.2 Å². The number of carbonyl (C=O) groups is 1. The van der Waals surface area contributed by atoms with Crippen LogP contribution in [0.4, 0.5) is 0 Å². The molecule has 0 aromatic rings. The van der Waals surface area contributed by atoms with Gasteiger partial charge in [0, 0.05) is 6.42 Å². The molecule has 52 heavy (non-hydrogen) atoms. The zero-order valence-corrected chi connectivity index (χ0v) is 36.2. The summed E-state index contributed by atoms with van der Waals surface area (Å²) in [5, 5.41) is 13.9. The van der Waals surface area contributed by atoms with Crippen molar-refractivity contribution < 1.29 is 32.9 Å². The zero-order valence-electron chi connectivity index (χ0n) is 35.3. The third-order valence-corrected chi connectivity index (χ3v) is 11.3. The summed E-state index contributed by atoms with van der Waals surface area (Å²) in [6.07, 6.45) is 38.1. The van der Waals surface area contributed by atoms with Crippen LogP contribution in [0.2, 0.25) is 0 Å². The number of hydrogen-bond donors (Lipinski definition) is 2. The smallest absolute Gasteiger partial charge is 0.268 e. The molecular formula is C43H89N2O6P. The molecule has 0 aliphatic carbocycles. The number of amides is 1. The SMILES string of the molecule is CCCCCCCCCCCCCCCCCCCCC(O)C(COP(=O)([O-])OCC[N+](C)(C)C)NC(=O)CCCCCCCCCCCCCC. The molecule has 0 bridgehead atoms. The molecule has 0 aliphatic heterocycles. The number of phosphoric ester groups is 1. The number of nitrogens with one attached hydrogen (secondary N) is 1. The van der Waals surface area contributed by atoms with Crippen molar-refractivity contribution in [2.45, 2.75) is 231 Å². The van der Waals surface area contributed by atoms with Crippen molar-refractivity contribution in [1.82, 2.24) is 5.32 Å². The van der Waals surface area contributed by atoms with Crippen molar-refractivity contribution in [3.8, 4) is 0 Å². The lowest BCUT2D eigenvalue weighted by Gasteiger charge is -2.30. The lowest BCUT2D eigenvalue weighted by Crippen LogP contribution is -2.46. The fourth-order valence-corrected chi connectivity index (χ4v) is 7.47. The van der Waals surface area contributed by atoms with E-state index < -0.39 is 20.0 Å². The Kier molecular flexibility index (Phi) is 35.8. The Labute approximate surface area is 323 Å². The van der Waals surface area contributed by atoms with E-state index in [9.17, 15) is 19.4 Å². The maximum Gasteiger partial charge on any atom is 0.268 e. The molecule has 3 atom stereocenters. The standard InChI is InChI=1S/C43H89N2O6P/c1-6-8-10-12-14-16-18-20-21-22-23-24-25-26-28-30-32-34-36-42(46)41(40-51-52(48,49)50-39-38-45(3,4)5)44-43(47)37-35-33-31-29-27-19-17-15-13-11-9-7-2/h41-42,46H,6-40H2,1-5H3,(H-,44,47,48,49). The highest BCUT2D eigenvalue weighted by atomic mass is 31.2. The van der Waals surface area contributed by atoms with Crippen LogP contribution in [-0.2, 0) is 18.4 Å². The predicted octanol–water partition coefficient (Wildman–Crippen LogP) is 11.6. The van der Waals surface area contributed by atoms with Crippen LogP contribution in [0.25, 0.3) is 0 Å². The number of carbonyl (C=O) groups excluding carboxylic acids is 1. The van der Waals surface area contributed by atoms with Crippen molar-refractivity contribution >= 4 is 13.7 Å². The average molecular weight is 761 g/mol. The quantitative estimate of drug-likeness (QED) is 0.0365. The monoisotopic (exact) mass is 761 g/mol. The Morgan fingerprint density at radius 1 is 0.596 bits per heavy atom. The lowest BCUT2D eigenvalue weighted by atomic mass is 10.0. The number of quaternary nitrogens is 1. The Balaban J connectivity index is 4.31. The van der Waals surface area contributed by atoms with E-state index in [1.807, 2.05) is 21.1 Å². The Morgan fingerprint density at radius 2 is 0.942 bits per heavy atom. The molecule has 0 saturated carbocycles. The summed E-state index contributed by atoms with van der Waals surface area (Å²) >= 11 is 0. The van der Waals surface area contributed by atoms with Crippen LogP contribution in [0.15, 0.2) is 0 Å². The number of aliphatic hydroxyl groups is 1. The number of hydrogen-bond acceptors (Lipinski definition) is 6. The van der Waals surface area contributed by atoms with Gasteiger partial charge in [-0.1, -0.05) is 200 Å². The van der Waals surface area contributed by atoms with Crippen LogP contribution in [0.3, 0.4) is 0 Å². The molecule has 0 fully saturated rings. The van der Waals surface area contributed by atoms with Gasteiger partial charge < -0.3 is 28.8 Å². The molecule has 0 radical (unpaired) electrons. The second-order valence-corrected chi connectivity index (χ2v) is 18.2. The molecule has 0 saturated heterocycles. The van der Waals surface area contributed by atoms with Gasteiger partial charge in [0.2, 0.25) is 5.91 Å². The maximum atomic E-state index is 12.8. The maximum absolute atomic E-state index is 12.8. The predicted molar refractivity (Wildman–Crippen MR) is 219 cm³/mol. The number of aliphatic hydroxyl groups excluding tert-OH is 1. The molecule has 8 nitrogen and oxygen atoms in total. The van der Waals surface area contributed by atoms with Crippen LogP contribution in [0, 0.1) is 0 Å². The Hall–Kier alpha value is -0.500. The number of rotatable bonds is 41. The van der Waals surface area contributed by atoms with E-state index in [4.69, 9.17) is 9.05 Å². The number of phosphoric acid groups is 1. The first-order valence-electron chi connectivity index (χ1n) is 22.4. The summed E-state index contributed by atoms with van der Waals surface area (Å²) in [4.78, 5) is 25.3. The van der Waals surface area contributed by atoms with Crippen molar-refractivity contribution in [2.24, 2.45) is 0 Å². The van der Waals surface area contributed by atoms with Crippen molar-refractivity contribution in [1.29, 1.82) is 0 Å². The van der Waals surface area contributed by atoms with E-state index in [0.717, 1.165) is 38.5 Å². The Bertz CT molecular complexity index is 824. The third-order valence-electron chi connectivity index (χ3n) is 10.3. The molecule has 0 heterocycles. The molecule has 9 heteroatoms. The Morgan fingerprint density at radius 3 is 1.31 bits per heavy atom. The van der Waals surface area contributed by atoms with E-state index in [1.54, 1.807) is 0 Å². The molecule has 0 rings (SSSR count). The second kappa shape index (κ2) is 36.2. The van der Waals surface area contributed by atoms with E-state index >= 15 is 0 Å². The number of nitrogens with zero attached hydrogens (tertiary/aromatic N) is 1. The molecule has 2 N–H and O–H groups in total. The zero-order chi connectivity index (χ0) is 38.6. The van der Waals surface area contributed by atoms with Gasteiger partial charge in [-0.3, -0.25) is 9.36 Å². The topological polar surface area (TPSA) is 108 Å². The van der Waals surface area contributed by atoms with Crippen molar-refractivity contribution in [3.05, 3.63) is 0 Å². The highest BCUT2D eigenvalue weighted by Crippen LogP contribution is 2.38. The molecule has 312 valence electrons. The first-order chi connectivity index (χ1) is 25.0. The summed E-state index contributed by atoms with van der Waals surface area (Å²) < 4.78 is 23.2. The fourth-order valence-electron chi connectivity index (χ4n) is 6.75. The molecule has 0 aromatic heterocycles. The van der Waals surface area contributed by atoms with Crippen LogP contribution in [0.5, 0.6) is 0 Å². The first-order valence-corrected chi connectivity index (χ1v) is 23.8. The molecule has 0 aromatic carbocycles. The van der Waals surface area contributed by atoms with Crippen molar-refractivity contribution in [3.63, 3.8) is 0 Å². The minimum atomic E-state index is -4.55. The second-order valence-electron chi connectivity index (χ2n) is 16.8. The lowest BCUT2D eigenvalue weighted by molar-refractivity contribution is -0.870. The molecule has 3 unspecified atom stereocenters. The van der Waals surface area contributed by atoms with Gasteiger partial charge in [0.1, 0.15) is 13.2 Å². The van der Waals surface area contributed by atoms with Gasteiger partial charge in [-0.2, -0.15) is 0 Å². The summed E-state index contributed by atoms with van der Waals surface area (Å²) in [6.45, 7) is 4.73. The molecular weight excluding hydrogens is 671 g/mol. The van der Waals surface area contributed by atoms with Crippen molar-refractivity contribution in [2.75, 3.05) is 40.9 Å². The van der Waals surface area contributed by atoms with Gasteiger partial charge in [0.05, 0.1) is 39.9 Å². The van der Waals surface area contributed by atoms with Gasteiger partial charge in [0.25, 0.3) is 7.82 Å². The molecule has 0 spiro atoms. The van der Waals surface area contributed by atoms with Crippen LogP contribution >= 0.6 is 7.82 Å². The average Bonchev–Trinajstić information content (AvgIpc) is 3.09. The van der Waals surface area contributed by atoms with Gasteiger partial charge in [0.15, 0.2) is 0 Å². The van der Waals surface area contributed by atoms with Gasteiger partial charge in [-0.25, -0.2) is 0 Å². The van der Waals surface area contributed by atoms with Crippen LogP contribution in [0.1, 0.15) is 219 Å². The molecule has 0 aliphatic rings. The van der Waals surface area contributed by atoms with Crippen LogP contribution in [-0.4, -0.2) is 68.5 Å². The fraction of sp³-hybridized carbons (Fsp3) is 0.977. The number of unbranched alkanes of at least 4 members (excludes halogenated alkanes) is 28. The summed E-state index contributed by atoms with van der Waals surface area (Å²) in [5.41, 5.74) is 0. The third kappa shape index (κ3) is 37.8. The van der Waals surface area contributed by atoms with E-state index in [2.05, 4.69) is 19.2 Å². The van der Waals surface area contributed by atoms with Gasteiger partial charge in [-0.05, 0) is 12.8 Å². The van der Waals surface area contributed by atoms with E-state index in [1.165, 1.54) is 154 Å². The van der Waals surface area contributed by atoms with E-state index in [-0.39, 0.29) is 19.1 Å². The van der Waals surface area contributed by atoms with Gasteiger partial charge >= 0.3 is 0 Å². The largest absolute Gasteiger partial charge is 0.756 e. The first kappa shape index (κ1) is 51.5. The summed E-state index contributed by atoms with van der Waals surface area (Å²) in [5.74, 6) is -0.163. The summed E-state index contributed by atoms with van der Waals surface area (Å²) in [7, 11) is 1.32. The highest BCUT2D eigenvalue weighted by molar-refractivity contribution is 7.45. The van der Waals surface area contributed by atoms with E-state index in [0.29, 0.717) is 23.9 Å². The van der Waals surface area contributed by atoms with Gasteiger partial charge in [-0.15, -0.1) is 0 Å². The summed E-state index contributed by atoms with van der Waals surface area (Å²) in [6, 6.07) is -0.792. The highest BCUT2D eigenvalue weighted by Gasteiger charge is 2.24.